The summed E-state index contributed by atoms with van der Waals surface area (Å²) in [6.45, 7) is 5.75. The topological polar surface area (TPSA) is 66.6 Å². The lowest BCUT2D eigenvalue weighted by Crippen LogP contribution is -2.50. The molecule has 2 aliphatic heterocycles. The quantitative estimate of drug-likeness (QED) is 0.788. The van der Waals surface area contributed by atoms with Crippen molar-refractivity contribution in [1.82, 2.24) is 4.90 Å². The van der Waals surface area contributed by atoms with Gasteiger partial charge < -0.3 is 15.5 Å². The highest BCUT2D eigenvalue weighted by Crippen LogP contribution is 2.39. The lowest BCUT2D eigenvalue weighted by molar-refractivity contribution is -0.144. The molecule has 1 saturated heterocycles. The third kappa shape index (κ3) is 4.38. The molecular formula is C24H36ClN3O2. The van der Waals surface area contributed by atoms with Crippen LogP contribution in [0.2, 0.25) is 0 Å². The van der Waals surface area contributed by atoms with Gasteiger partial charge in [-0.05, 0) is 63.5 Å². The molecule has 4 rings (SSSR count). The van der Waals surface area contributed by atoms with Crippen molar-refractivity contribution in [2.75, 3.05) is 18.0 Å². The van der Waals surface area contributed by atoms with E-state index >= 15 is 0 Å². The van der Waals surface area contributed by atoms with Gasteiger partial charge >= 0.3 is 0 Å². The van der Waals surface area contributed by atoms with Gasteiger partial charge in [-0.15, -0.1) is 12.4 Å². The number of carbonyl (C=O) groups is 2. The van der Waals surface area contributed by atoms with E-state index in [1.807, 2.05) is 21.9 Å². The van der Waals surface area contributed by atoms with Crippen LogP contribution >= 0.6 is 12.4 Å². The molecule has 1 aromatic carbocycles. The number of rotatable bonds is 3. The number of fused-ring (bicyclic) bond motifs is 1. The van der Waals surface area contributed by atoms with Crippen LogP contribution in [-0.2, 0) is 16.0 Å². The zero-order chi connectivity index (χ0) is 20.5. The number of carbonyl (C=O) groups excluding carboxylic acids is 2. The normalized spacial score (nSPS) is 27.9. The fourth-order valence-electron chi connectivity index (χ4n) is 5.68. The number of likely N-dealkylation sites (tertiary alicyclic amines) is 1. The molecule has 2 heterocycles. The van der Waals surface area contributed by atoms with E-state index in [1.165, 1.54) is 5.56 Å². The van der Waals surface area contributed by atoms with E-state index in [0.717, 1.165) is 63.7 Å². The summed E-state index contributed by atoms with van der Waals surface area (Å²) in [6, 6.07) is 8.56. The van der Waals surface area contributed by atoms with Gasteiger partial charge in [0, 0.05) is 36.8 Å². The fraction of sp³-hybridized carbons (Fsp3) is 0.667. The minimum absolute atomic E-state index is 0. The lowest BCUT2D eigenvalue weighted by atomic mass is 9.77. The van der Waals surface area contributed by atoms with Crippen molar-refractivity contribution in [3.05, 3.63) is 29.8 Å². The van der Waals surface area contributed by atoms with Crippen molar-refractivity contribution in [3.8, 4) is 0 Å². The average Bonchev–Trinajstić information content (AvgIpc) is 3.08. The summed E-state index contributed by atoms with van der Waals surface area (Å²) in [5.41, 5.74) is 8.34. The van der Waals surface area contributed by atoms with Gasteiger partial charge in [0.05, 0.1) is 5.92 Å². The molecule has 1 aliphatic carbocycles. The number of hydrogen-bond acceptors (Lipinski definition) is 3. The van der Waals surface area contributed by atoms with Gasteiger partial charge in [-0.3, -0.25) is 9.59 Å². The van der Waals surface area contributed by atoms with Crippen LogP contribution in [0, 0.1) is 17.8 Å². The maximum atomic E-state index is 13.7. The second kappa shape index (κ2) is 9.69. The Balaban J connectivity index is 0.00000256. The van der Waals surface area contributed by atoms with Gasteiger partial charge in [-0.25, -0.2) is 0 Å². The summed E-state index contributed by atoms with van der Waals surface area (Å²) in [7, 11) is 0. The summed E-state index contributed by atoms with van der Waals surface area (Å²) in [5.74, 6) is 0.515. The SMILES string of the molecule is CC(N)C1CCN(C(=O)C2CCCCC2C(=O)N2c3ccccc3CC2C)CC1.Cl. The number of benzene rings is 1. The van der Waals surface area contributed by atoms with Gasteiger partial charge in [-0.1, -0.05) is 31.0 Å². The second-order valence-electron chi connectivity index (χ2n) is 9.41. The van der Waals surface area contributed by atoms with Gasteiger partial charge in [0.25, 0.3) is 0 Å². The number of nitrogens with two attached hydrogens (primary N) is 1. The Morgan fingerprint density at radius 2 is 1.60 bits per heavy atom. The number of nitrogens with zero attached hydrogens (tertiary/aromatic N) is 2. The van der Waals surface area contributed by atoms with E-state index in [0.29, 0.717) is 5.92 Å². The average molecular weight is 434 g/mol. The smallest absolute Gasteiger partial charge is 0.231 e. The minimum atomic E-state index is -0.184. The molecule has 3 aliphatic rings. The Hall–Kier alpha value is -1.59. The maximum absolute atomic E-state index is 13.7. The van der Waals surface area contributed by atoms with Gasteiger partial charge in [-0.2, -0.15) is 0 Å². The highest BCUT2D eigenvalue weighted by molar-refractivity contribution is 6.00. The monoisotopic (exact) mass is 433 g/mol. The van der Waals surface area contributed by atoms with E-state index in [2.05, 4.69) is 26.0 Å². The molecule has 5 nitrogen and oxygen atoms in total. The molecule has 166 valence electrons. The highest BCUT2D eigenvalue weighted by Gasteiger charge is 2.43. The Kier molecular flexibility index (Phi) is 7.46. The van der Waals surface area contributed by atoms with Crippen LogP contribution in [0.25, 0.3) is 0 Å². The number of piperidine rings is 1. The van der Waals surface area contributed by atoms with Crippen molar-refractivity contribution in [2.45, 2.75) is 70.9 Å². The highest BCUT2D eigenvalue weighted by atomic mass is 35.5. The van der Waals surface area contributed by atoms with Crippen molar-refractivity contribution in [1.29, 1.82) is 0 Å². The molecular weight excluding hydrogens is 398 g/mol. The number of halogens is 1. The number of amides is 2. The van der Waals surface area contributed by atoms with E-state index in [1.54, 1.807) is 0 Å². The van der Waals surface area contributed by atoms with Crippen LogP contribution in [0.1, 0.15) is 57.9 Å². The van der Waals surface area contributed by atoms with Crippen molar-refractivity contribution in [2.24, 2.45) is 23.5 Å². The molecule has 2 amide bonds. The number of hydrogen-bond donors (Lipinski definition) is 1. The predicted molar refractivity (Wildman–Crippen MR) is 123 cm³/mol. The number of para-hydroxylation sites is 1. The molecule has 0 bridgehead atoms. The summed E-state index contributed by atoms with van der Waals surface area (Å²) >= 11 is 0. The second-order valence-corrected chi connectivity index (χ2v) is 9.41. The molecule has 1 saturated carbocycles. The molecule has 2 fully saturated rings. The van der Waals surface area contributed by atoms with Crippen LogP contribution in [0.3, 0.4) is 0 Å². The zero-order valence-corrected chi connectivity index (χ0v) is 19.1. The first kappa shape index (κ1) is 23.1. The number of anilines is 1. The summed E-state index contributed by atoms with van der Waals surface area (Å²) in [5, 5.41) is 0. The Bertz CT molecular complexity index is 761. The van der Waals surface area contributed by atoms with Crippen molar-refractivity contribution in [3.63, 3.8) is 0 Å². The van der Waals surface area contributed by atoms with Gasteiger partial charge in [0.2, 0.25) is 11.8 Å². The molecule has 2 N–H and O–H groups in total. The predicted octanol–water partition coefficient (Wildman–Crippen LogP) is 3.78. The Morgan fingerprint density at radius 1 is 1.00 bits per heavy atom. The van der Waals surface area contributed by atoms with E-state index in [9.17, 15) is 9.59 Å². The van der Waals surface area contributed by atoms with E-state index in [4.69, 9.17) is 5.73 Å². The molecule has 0 spiro atoms. The van der Waals surface area contributed by atoms with Crippen LogP contribution in [0.5, 0.6) is 0 Å². The maximum Gasteiger partial charge on any atom is 0.231 e. The van der Waals surface area contributed by atoms with Crippen LogP contribution in [-0.4, -0.2) is 41.9 Å². The minimum Gasteiger partial charge on any atom is -0.342 e. The third-order valence-electron chi connectivity index (χ3n) is 7.44. The standard InChI is InChI=1S/C24H35N3O2.ClH/c1-16-15-19-7-3-6-10-22(19)27(16)24(29)21-9-5-4-8-20(21)23(28)26-13-11-18(12-14-26)17(2)25;/h3,6-7,10,16-18,20-21H,4-5,8-9,11-15,25H2,1-2H3;1H. The molecule has 6 heteroatoms. The molecule has 4 unspecified atom stereocenters. The molecule has 0 radical (unpaired) electrons. The van der Waals surface area contributed by atoms with Crippen molar-refractivity contribution < 1.29 is 9.59 Å². The third-order valence-corrected chi connectivity index (χ3v) is 7.44. The van der Waals surface area contributed by atoms with E-state index < -0.39 is 0 Å². The molecule has 1 aromatic rings. The first-order valence-electron chi connectivity index (χ1n) is 11.4. The first-order valence-corrected chi connectivity index (χ1v) is 11.4. The van der Waals surface area contributed by atoms with Gasteiger partial charge in [0.1, 0.15) is 0 Å². The summed E-state index contributed by atoms with van der Waals surface area (Å²) in [6.07, 6.45) is 6.61. The zero-order valence-electron chi connectivity index (χ0n) is 18.3. The molecule has 30 heavy (non-hydrogen) atoms. The first-order chi connectivity index (χ1) is 14.0. The Labute approximate surface area is 186 Å². The molecule has 0 aromatic heterocycles. The molecule has 4 atom stereocenters. The van der Waals surface area contributed by atoms with Crippen LogP contribution in [0.15, 0.2) is 24.3 Å². The lowest BCUT2D eigenvalue weighted by Gasteiger charge is -2.39. The van der Waals surface area contributed by atoms with Gasteiger partial charge in [0.15, 0.2) is 0 Å². The Morgan fingerprint density at radius 3 is 2.23 bits per heavy atom. The van der Waals surface area contributed by atoms with E-state index in [-0.39, 0.29) is 48.1 Å². The largest absolute Gasteiger partial charge is 0.342 e. The fourth-order valence-corrected chi connectivity index (χ4v) is 5.68. The van der Waals surface area contributed by atoms with Crippen LogP contribution in [0.4, 0.5) is 5.69 Å². The summed E-state index contributed by atoms with van der Waals surface area (Å²) < 4.78 is 0. The van der Waals surface area contributed by atoms with Crippen LogP contribution < -0.4 is 10.6 Å². The summed E-state index contributed by atoms with van der Waals surface area (Å²) in [4.78, 5) is 31.1. The van der Waals surface area contributed by atoms with Crippen molar-refractivity contribution >= 4 is 29.9 Å².